The molecule has 122 valence electrons. The van der Waals surface area contributed by atoms with E-state index in [-0.39, 0.29) is 23.2 Å². The van der Waals surface area contributed by atoms with Crippen LogP contribution in [0.25, 0.3) is 0 Å². The molecule has 0 saturated carbocycles. The average Bonchev–Trinajstić information content (AvgIpc) is 2.76. The summed E-state index contributed by atoms with van der Waals surface area (Å²) in [5.41, 5.74) is 0.00692. The van der Waals surface area contributed by atoms with Crippen molar-refractivity contribution in [2.75, 3.05) is 6.61 Å². The summed E-state index contributed by atoms with van der Waals surface area (Å²) >= 11 is 0. The largest absolute Gasteiger partial charge is 0.391 e. The molecule has 1 aromatic heterocycles. The molecule has 1 aromatic rings. The molecular formula is C11H16ClF3N2O3S. The topological polar surface area (TPSA) is 61.2 Å². The minimum atomic E-state index is -4.32. The lowest BCUT2D eigenvalue weighted by molar-refractivity contribution is -0.146. The van der Waals surface area contributed by atoms with E-state index in [1.54, 1.807) is 0 Å². The number of aromatic nitrogens is 2. The van der Waals surface area contributed by atoms with Crippen molar-refractivity contribution in [3.63, 3.8) is 0 Å². The van der Waals surface area contributed by atoms with Crippen molar-refractivity contribution in [2.45, 2.75) is 50.4 Å². The summed E-state index contributed by atoms with van der Waals surface area (Å²) in [5.74, 6) is 0. The lowest BCUT2D eigenvalue weighted by atomic mass is 10.3. The number of hydrogen-bond acceptors (Lipinski definition) is 4. The molecule has 21 heavy (non-hydrogen) atoms. The van der Waals surface area contributed by atoms with E-state index >= 15 is 0 Å². The molecule has 1 heterocycles. The maximum Gasteiger partial charge on any atom is 0.391 e. The van der Waals surface area contributed by atoms with Crippen molar-refractivity contribution in [2.24, 2.45) is 0 Å². The van der Waals surface area contributed by atoms with Crippen LogP contribution in [0.2, 0.25) is 0 Å². The molecule has 0 amide bonds. The van der Waals surface area contributed by atoms with E-state index in [2.05, 4.69) is 5.10 Å². The predicted octanol–water partition coefficient (Wildman–Crippen LogP) is 3.25. The number of hydrogen-bond donors (Lipinski definition) is 0. The van der Waals surface area contributed by atoms with Gasteiger partial charge in [-0.3, -0.25) is 4.68 Å². The average molecular weight is 349 g/mol. The van der Waals surface area contributed by atoms with Crippen LogP contribution >= 0.6 is 10.7 Å². The first-order chi connectivity index (χ1) is 9.54. The van der Waals surface area contributed by atoms with Crippen LogP contribution in [0.15, 0.2) is 11.1 Å². The second-order valence-corrected chi connectivity index (χ2v) is 7.07. The fourth-order valence-electron chi connectivity index (χ4n) is 1.49. The Bertz CT molecular complexity index is 572. The van der Waals surface area contributed by atoms with Gasteiger partial charge >= 0.3 is 6.18 Å². The summed E-state index contributed by atoms with van der Waals surface area (Å²) in [4.78, 5) is -0.239. The molecule has 0 aliphatic rings. The molecule has 1 atom stereocenters. The Morgan fingerprint density at radius 2 is 2.10 bits per heavy atom. The van der Waals surface area contributed by atoms with Gasteiger partial charge in [-0.15, -0.1) is 0 Å². The summed E-state index contributed by atoms with van der Waals surface area (Å²) in [6.07, 6.45) is -3.46. The third kappa shape index (κ3) is 5.84. The number of alkyl halides is 3. The standard InChI is InChI=1S/C11H16ClF3N2O3S/c1-3-8(2)17-6-10(21(12,18)19)9(16-17)7-20-5-4-11(13,14)15/h6,8H,3-5,7H2,1-2H3/t8-/m1/s1. The van der Waals surface area contributed by atoms with Crippen molar-refractivity contribution in [1.29, 1.82) is 0 Å². The number of nitrogens with zero attached hydrogens (tertiary/aromatic N) is 2. The van der Waals surface area contributed by atoms with Gasteiger partial charge in [0.25, 0.3) is 9.05 Å². The van der Waals surface area contributed by atoms with Gasteiger partial charge in [-0.2, -0.15) is 18.3 Å². The second-order valence-electron chi connectivity index (χ2n) is 4.53. The van der Waals surface area contributed by atoms with Gasteiger partial charge in [-0.1, -0.05) is 6.92 Å². The number of ether oxygens (including phenoxy) is 1. The Hall–Kier alpha value is -0.800. The molecule has 0 aromatic carbocycles. The minimum Gasteiger partial charge on any atom is -0.375 e. The summed E-state index contributed by atoms with van der Waals surface area (Å²) in [7, 11) is 1.26. The van der Waals surface area contributed by atoms with Crippen molar-refractivity contribution in [3.8, 4) is 0 Å². The van der Waals surface area contributed by atoms with Crippen LogP contribution in [0, 0.1) is 0 Å². The zero-order valence-corrected chi connectivity index (χ0v) is 13.1. The van der Waals surface area contributed by atoms with Crippen LogP contribution in [0.4, 0.5) is 13.2 Å². The van der Waals surface area contributed by atoms with E-state index in [4.69, 9.17) is 15.4 Å². The Morgan fingerprint density at radius 1 is 1.48 bits per heavy atom. The maximum absolute atomic E-state index is 12.0. The Balaban J connectivity index is 2.82. The second kappa shape index (κ2) is 6.97. The molecule has 0 N–H and O–H groups in total. The third-order valence-electron chi connectivity index (χ3n) is 2.84. The molecule has 1 rings (SSSR count). The van der Waals surface area contributed by atoms with Crippen molar-refractivity contribution in [3.05, 3.63) is 11.9 Å². The van der Waals surface area contributed by atoms with Gasteiger partial charge in [-0.25, -0.2) is 8.42 Å². The SMILES string of the molecule is CC[C@@H](C)n1cc(S(=O)(=O)Cl)c(COCCC(F)(F)F)n1. The highest BCUT2D eigenvalue weighted by Gasteiger charge is 2.27. The lowest BCUT2D eigenvalue weighted by Gasteiger charge is -2.08. The van der Waals surface area contributed by atoms with Gasteiger partial charge in [0.1, 0.15) is 10.6 Å². The lowest BCUT2D eigenvalue weighted by Crippen LogP contribution is -2.12. The molecule has 5 nitrogen and oxygen atoms in total. The van der Waals surface area contributed by atoms with E-state index in [1.807, 2.05) is 13.8 Å². The Labute approximate surface area is 125 Å². The maximum atomic E-state index is 12.0. The van der Waals surface area contributed by atoms with E-state index in [1.165, 1.54) is 10.9 Å². The van der Waals surface area contributed by atoms with E-state index < -0.39 is 28.3 Å². The quantitative estimate of drug-likeness (QED) is 0.560. The van der Waals surface area contributed by atoms with Crippen molar-refractivity contribution in [1.82, 2.24) is 9.78 Å². The zero-order chi connectivity index (χ0) is 16.3. The van der Waals surface area contributed by atoms with Gasteiger partial charge in [0.2, 0.25) is 0 Å². The summed E-state index contributed by atoms with van der Waals surface area (Å²) in [6, 6.07) is -0.0638. The smallest absolute Gasteiger partial charge is 0.375 e. The zero-order valence-electron chi connectivity index (χ0n) is 11.5. The normalized spacial score (nSPS) is 14.4. The summed E-state index contributed by atoms with van der Waals surface area (Å²) in [5, 5.41) is 4.03. The fraction of sp³-hybridized carbons (Fsp3) is 0.727. The first-order valence-corrected chi connectivity index (χ1v) is 8.52. The number of rotatable bonds is 7. The highest BCUT2D eigenvalue weighted by atomic mass is 35.7. The van der Waals surface area contributed by atoms with Gasteiger partial charge < -0.3 is 4.74 Å². The summed E-state index contributed by atoms with van der Waals surface area (Å²) < 4.78 is 65.1. The third-order valence-corrected chi connectivity index (χ3v) is 4.21. The monoisotopic (exact) mass is 348 g/mol. The fourth-order valence-corrected chi connectivity index (χ4v) is 2.49. The molecule has 0 fully saturated rings. The van der Waals surface area contributed by atoms with Crippen LogP contribution in [0.1, 0.15) is 38.4 Å². The Morgan fingerprint density at radius 3 is 2.57 bits per heavy atom. The molecule has 10 heteroatoms. The first-order valence-electron chi connectivity index (χ1n) is 6.21. The van der Waals surface area contributed by atoms with Crippen LogP contribution in [0.5, 0.6) is 0 Å². The number of halogens is 4. The highest BCUT2D eigenvalue weighted by Crippen LogP contribution is 2.23. The van der Waals surface area contributed by atoms with E-state index in [9.17, 15) is 21.6 Å². The summed E-state index contributed by atoms with van der Waals surface area (Å²) in [6.45, 7) is 2.80. The van der Waals surface area contributed by atoms with E-state index in [0.29, 0.717) is 6.42 Å². The molecule has 0 aliphatic heterocycles. The van der Waals surface area contributed by atoms with Crippen LogP contribution < -0.4 is 0 Å². The molecule has 0 aliphatic carbocycles. The molecule has 0 spiro atoms. The first kappa shape index (κ1) is 18.2. The van der Waals surface area contributed by atoms with Gasteiger partial charge in [0, 0.05) is 22.9 Å². The van der Waals surface area contributed by atoms with Crippen molar-refractivity contribution < 1.29 is 26.3 Å². The molecule has 0 saturated heterocycles. The van der Waals surface area contributed by atoms with Crippen molar-refractivity contribution >= 4 is 19.7 Å². The molecule has 0 bridgehead atoms. The predicted molar refractivity (Wildman–Crippen MR) is 70.6 cm³/mol. The minimum absolute atomic E-state index is 0.00692. The van der Waals surface area contributed by atoms with Crippen LogP contribution in [-0.4, -0.2) is 31.0 Å². The van der Waals surface area contributed by atoms with Gasteiger partial charge in [0.15, 0.2) is 0 Å². The van der Waals surface area contributed by atoms with Gasteiger partial charge in [0.05, 0.1) is 19.6 Å². The van der Waals surface area contributed by atoms with E-state index in [0.717, 1.165) is 0 Å². The van der Waals surface area contributed by atoms with Crippen LogP contribution in [0.3, 0.4) is 0 Å². The molecule has 0 radical (unpaired) electrons. The molecule has 0 unspecified atom stereocenters. The Kier molecular flexibility index (Phi) is 6.06. The molecular weight excluding hydrogens is 333 g/mol. The highest BCUT2D eigenvalue weighted by molar-refractivity contribution is 8.13. The van der Waals surface area contributed by atoms with Crippen LogP contribution in [-0.2, 0) is 20.4 Å². The van der Waals surface area contributed by atoms with Gasteiger partial charge in [-0.05, 0) is 13.3 Å².